The van der Waals surface area contributed by atoms with Gasteiger partial charge in [-0.3, -0.25) is 4.79 Å². The fraction of sp³-hybridized carbons (Fsp3) is 0.0833. The summed E-state index contributed by atoms with van der Waals surface area (Å²) in [6, 6.07) is 5.68. The molecule has 1 N–H and O–H groups in total. The third-order valence-electron chi connectivity index (χ3n) is 2.20. The Kier molecular flexibility index (Phi) is 3.35. The smallest absolute Gasteiger partial charge is 0.275 e. The van der Waals surface area contributed by atoms with Crippen LogP contribution in [-0.2, 0) is 0 Å². The van der Waals surface area contributed by atoms with Gasteiger partial charge in [0.25, 0.3) is 5.91 Å². The topological polar surface area (TPSA) is 65.8 Å². The number of aromatic nitrogens is 1. The van der Waals surface area contributed by atoms with E-state index >= 15 is 0 Å². The van der Waals surface area contributed by atoms with Crippen LogP contribution in [0.3, 0.4) is 0 Å². The molecule has 2 aromatic rings. The minimum atomic E-state index is -0.644. The summed E-state index contributed by atoms with van der Waals surface area (Å²) >= 11 is 1.34. The molecule has 18 heavy (non-hydrogen) atoms. The molecule has 1 aromatic heterocycles. The lowest BCUT2D eigenvalue weighted by Crippen LogP contribution is -2.13. The number of rotatable bonds is 2. The highest BCUT2D eigenvalue weighted by Crippen LogP contribution is 2.17. The van der Waals surface area contributed by atoms with Gasteiger partial charge in [0.15, 0.2) is 0 Å². The zero-order valence-corrected chi connectivity index (χ0v) is 10.2. The number of nitrogens with zero attached hydrogens (tertiary/aromatic N) is 2. The standard InChI is InChI=1S/C12H8FN3OS/c1-7-15-11(6-18-7)12(17)16-10-3-2-8(5-14)4-9(10)13/h2-4,6H,1H3,(H,16,17). The van der Waals surface area contributed by atoms with Gasteiger partial charge in [0.05, 0.1) is 22.3 Å². The van der Waals surface area contributed by atoms with Crippen LogP contribution in [0.4, 0.5) is 10.1 Å². The van der Waals surface area contributed by atoms with Gasteiger partial charge in [-0.2, -0.15) is 5.26 Å². The molecule has 0 aliphatic rings. The maximum Gasteiger partial charge on any atom is 0.275 e. The first-order valence-electron chi connectivity index (χ1n) is 5.03. The SMILES string of the molecule is Cc1nc(C(=O)Nc2ccc(C#N)cc2F)cs1. The Labute approximate surface area is 107 Å². The number of hydrogen-bond donors (Lipinski definition) is 1. The Morgan fingerprint density at radius 2 is 2.33 bits per heavy atom. The summed E-state index contributed by atoms with van der Waals surface area (Å²) in [7, 11) is 0. The number of amides is 1. The minimum absolute atomic E-state index is 0.0321. The highest BCUT2D eigenvalue weighted by atomic mass is 32.1. The quantitative estimate of drug-likeness (QED) is 0.903. The van der Waals surface area contributed by atoms with Crippen molar-refractivity contribution in [1.29, 1.82) is 5.26 Å². The number of anilines is 1. The molecule has 0 unspecified atom stereocenters. The fourth-order valence-electron chi connectivity index (χ4n) is 1.34. The van der Waals surface area contributed by atoms with E-state index in [0.29, 0.717) is 0 Å². The van der Waals surface area contributed by atoms with Crippen molar-refractivity contribution in [3.63, 3.8) is 0 Å². The first-order valence-corrected chi connectivity index (χ1v) is 5.91. The molecule has 4 nitrogen and oxygen atoms in total. The van der Waals surface area contributed by atoms with Crippen molar-refractivity contribution in [2.75, 3.05) is 5.32 Å². The second-order valence-corrected chi connectivity index (χ2v) is 4.57. The molecule has 6 heteroatoms. The molecule has 0 saturated carbocycles. The van der Waals surface area contributed by atoms with Gasteiger partial charge in [-0.15, -0.1) is 11.3 Å². The Morgan fingerprint density at radius 1 is 1.56 bits per heavy atom. The summed E-state index contributed by atoms with van der Waals surface area (Å²) in [6.45, 7) is 1.78. The largest absolute Gasteiger partial charge is 0.318 e. The molecule has 90 valence electrons. The molecule has 1 heterocycles. The Hall–Kier alpha value is -2.26. The number of hydrogen-bond acceptors (Lipinski definition) is 4. The van der Waals surface area contributed by atoms with Crippen LogP contribution in [0.5, 0.6) is 0 Å². The minimum Gasteiger partial charge on any atom is -0.318 e. The van der Waals surface area contributed by atoms with Crippen molar-refractivity contribution in [2.24, 2.45) is 0 Å². The summed E-state index contributed by atoms with van der Waals surface area (Å²) in [5.74, 6) is -1.11. The number of benzene rings is 1. The molecule has 1 amide bonds. The molecule has 0 aliphatic heterocycles. The normalized spacial score (nSPS) is 9.83. The average molecular weight is 261 g/mol. The number of carbonyl (C=O) groups is 1. The lowest BCUT2D eigenvalue weighted by molar-refractivity contribution is 0.102. The summed E-state index contributed by atoms with van der Waals surface area (Å²) in [5, 5.41) is 13.4. The number of thiazole rings is 1. The molecular weight excluding hydrogens is 253 g/mol. The predicted octanol–water partition coefficient (Wildman–Crippen LogP) is 2.71. The Bertz CT molecular complexity index is 645. The Morgan fingerprint density at radius 3 is 2.89 bits per heavy atom. The van der Waals surface area contributed by atoms with Gasteiger partial charge < -0.3 is 5.32 Å². The van der Waals surface area contributed by atoms with Crippen LogP contribution in [0, 0.1) is 24.1 Å². The molecule has 0 fully saturated rings. The van der Waals surface area contributed by atoms with Crippen LogP contribution < -0.4 is 5.32 Å². The highest BCUT2D eigenvalue weighted by Gasteiger charge is 2.12. The molecule has 0 bridgehead atoms. The molecule has 1 aromatic carbocycles. The van der Waals surface area contributed by atoms with E-state index < -0.39 is 11.7 Å². The predicted molar refractivity (Wildman–Crippen MR) is 65.9 cm³/mol. The van der Waals surface area contributed by atoms with Gasteiger partial charge in [-0.25, -0.2) is 9.37 Å². The maximum absolute atomic E-state index is 13.5. The number of nitriles is 1. The van der Waals surface area contributed by atoms with Crippen molar-refractivity contribution < 1.29 is 9.18 Å². The van der Waals surface area contributed by atoms with Crippen molar-refractivity contribution >= 4 is 22.9 Å². The van der Waals surface area contributed by atoms with Crippen LogP contribution in [0.2, 0.25) is 0 Å². The summed E-state index contributed by atoms with van der Waals surface area (Å²) in [5.41, 5.74) is 0.487. The molecule has 0 radical (unpaired) electrons. The van der Waals surface area contributed by atoms with Gasteiger partial charge >= 0.3 is 0 Å². The average Bonchev–Trinajstić information content (AvgIpc) is 2.78. The number of nitrogens with one attached hydrogen (secondary N) is 1. The molecule has 0 atom stereocenters. The fourth-order valence-corrected chi connectivity index (χ4v) is 1.93. The second-order valence-electron chi connectivity index (χ2n) is 3.51. The van der Waals surface area contributed by atoms with E-state index in [4.69, 9.17) is 5.26 Å². The van der Waals surface area contributed by atoms with Gasteiger partial charge in [-0.1, -0.05) is 0 Å². The van der Waals surface area contributed by atoms with Crippen molar-refractivity contribution in [3.05, 3.63) is 45.7 Å². The second kappa shape index (κ2) is 4.94. The van der Waals surface area contributed by atoms with Crippen LogP contribution >= 0.6 is 11.3 Å². The molecular formula is C12H8FN3OS. The zero-order chi connectivity index (χ0) is 13.1. The molecule has 2 rings (SSSR count). The van der Waals surface area contributed by atoms with E-state index in [9.17, 15) is 9.18 Å². The van der Waals surface area contributed by atoms with Gasteiger partial charge in [0, 0.05) is 5.38 Å². The van der Waals surface area contributed by atoms with E-state index in [-0.39, 0.29) is 16.9 Å². The highest BCUT2D eigenvalue weighted by molar-refractivity contribution is 7.09. The van der Waals surface area contributed by atoms with Gasteiger partial charge in [0.1, 0.15) is 11.5 Å². The van der Waals surface area contributed by atoms with E-state index in [1.54, 1.807) is 12.3 Å². The molecule has 0 aliphatic carbocycles. The van der Waals surface area contributed by atoms with Crippen LogP contribution in [0.25, 0.3) is 0 Å². The first-order chi connectivity index (χ1) is 8.60. The van der Waals surface area contributed by atoms with Gasteiger partial charge in [0.2, 0.25) is 0 Å². The lowest BCUT2D eigenvalue weighted by Gasteiger charge is -2.04. The van der Waals surface area contributed by atoms with E-state index in [2.05, 4.69) is 10.3 Å². The number of aryl methyl sites for hydroxylation is 1. The molecule has 0 saturated heterocycles. The molecule has 0 spiro atoms. The summed E-state index contributed by atoms with van der Waals surface area (Å²) in [6.07, 6.45) is 0. The maximum atomic E-state index is 13.5. The van der Waals surface area contributed by atoms with E-state index in [1.807, 2.05) is 6.07 Å². The summed E-state index contributed by atoms with van der Waals surface area (Å²) in [4.78, 5) is 15.7. The van der Waals surface area contributed by atoms with Gasteiger partial charge in [-0.05, 0) is 25.1 Å². The first kappa shape index (κ1) is 12.2. The van der Waals surface area contributed by atoms with Crippen LogP contribution in [0.1, 0.15) is 21.1 Å². The van der Waals surface area contributed by atoms with E-state index in [0.717, 1.165) is 11.1 Å². The van der Waals surface area contributed by atoms with Crippen molar-refractivity contribution in [2.45, 2.75) is 6.92 Å². The lowest BCUT2D eigenvalue weighted by atomic mass is 10.2. The van der Waals surface area contributed by atoms with Crippen LogP contribution in [0.15, 0.2) is 23.6 Å². The third-order valence-corrected chi connectivity index (χ3v) is 2.97. The van der Waals surface area contributed by atoms with Crippen molar-refractivity contribution in [3.8, 4) is 6.07 Å². The van der Waals surface area contributed by atoms with Crippen molar-refractivity contribution in [1.82, 2.24) is 4.98 Å². The third kappa shape index (κ3) is 2.52. The zero-order valence-electron chi connectivity index (χ0n) is 9.40. The van der Waals surface area contributed by atoms with E-state index in [1.165, 1.54) is 23.5 Å². The Balaban J connectivity index is 2.20. The monoisotopic (exact) mass is 261 g/mol. The van der Waals surface area contributed by atoms with Crippen LogP contribution in [-0.4, -0.2) is 10.9 Å². The summed E-state index contributed by atoms with van der Waals surface area (Å²) < 4.78 is 13.5. The number of carbonyl (C=O) groups excluding carboxylic acids is 1. The number of halogens is 1.